The molecule has 6 heteroatoms. The Hall–Kier alpha value is -2.60. The number of H-pyrrole nitrogens is 1. The van der Waals surface area contributed by atoms with E-state index in [1.165, 1.54) is 6.26 Å². The van der Waals surface area contributed by atoms with Crippen LogP contribution in [0.1, 0.15) is 17.4 Å². The van der Waals surface area contributed by atoms with Gasteiger partial charge in [0, 0.05) is 17.2 Å². The van der Waals surface area contributed by atoms with E-state index in [9.17, 15) is 13.2 Å². The van der Waals surface area contributed by atoms with Crippen molar-refractivity contribution in [1.82, 2.24) is 4.98 Å². The van der Waals surface area contributed by atoms with E-state index in [1.807, 2.05) is 18.2 Å². The first-order valence-electron chi connectivity index (χ1n) is 7.49. The molecule has 1 aromatic heterocycles. The molecule has 0 aliphatic rings. The summed E-state index contributed by atoms with van der Waals surface area (Å²) in [5.74, 6) is -0.396. The maximum atomic E-state index is 11.9. The van der Waals surface area contributed by atoms with Gasteiger partial charge in [0.1, 0.15) is 5.69 Å². The highest BCUT2D eigenvalue weighted by Crippen LogP contribution is 2.29. The first kappa shape index (κ1) is 16.3. The number of sulfone groups is 1. The molecule has 24 heavy (non-hydrogen) atoms. The number of esters is 1. The average Bonchev–Trinajstić information content (AvgIpc) is 2.98. The van der Waals surface area contributed by atoms with Gasteiger partial charge in [-0.2, -0.15) is 0 Å². The van der Waals surface area contributed by atoms with Gasteiger partial charge >= 0.3 is 5.97 Å². The van der Waals surface area contributed by atoms with Crippen molar-refractivity contribution < 1.29 is 17.9 Å². The number of benzene rings is 2. The maximum Gasteiger partial charge on any atom is 0.354 e. The van der Waals surface area contributed by atoms with Gasteiger partial charge in [-0.15, -0.1) is 0 Å². The van der Waals surface area contributed by atoms with Crippen LogP contribution in [0.25, 0.3) is 22.0 Å². The monoisotopic (exact) mass is 343 g/mol. The van der Waals surface area contributed by atoms with Crippen molar-refractivity contribution in [3.63, 3.8) is 0 Å². The normalized spacial score (nSPS) is 11.6. The van der Waals surface area contributed by atoms with Crippen LogP contribution in [-0.2, 0) is 14.6 Å². The molecule has 0 amide bonds. The van der Waals surface area contributed by atoms with Crippen LogP contribution in [0.15, 0.2) is 53.4 Å². The second-order valence-electron chi connectivity index (χ2n) is 5.47. The number of ether oxygens (including phenoxy) is 1. The number of carbonyl (C=O) groups excluding carboxylic acids is 1. The Morgan fingerprint density at radius 2 is 1.83 bits per heavy atom. The van der Waals surface area contributed by atoms with Crippen molar-refractivity contribution in [2.75, 3.05) is 12.9 Å². The van der Waals surface area contributed by atoms with Gasteiger partial charge in [0.2, 0.25) is 0 Å². The van der Waals surface area contributed by atoms with E-state index < -0.39 is 15.8 Å². The lowest BCUT2D eigenvalue weighted by atomic mass is 10.0. The fourth-order valence-electron chi connectivity index (χ4n) is 2.60. The van der Waals surface area contributed by atoms with E-state index in [1.54, 1.807) is 37.3 Å². The van der Waals surface area contributed by atoms with Gasteiger partial charge in [0.25, 0.3) is 0 Å². The zero-order chi connectivity index (χ0) is 17.3. The van der Waals surface area contributed by atoms with Crippen LogP contribution < -0.4 is 0 Å². The highest BCUT2D eigenvalue weighted by molar-refractivity contribution is 7.90. The van der Waals surface area contributed by atoms with Gasteiger partial charge in [-0.3, -0.25) is 0 Å². The summed E-state index contributed by atoms with van der Waals surface area (Å²) in [6.45, 7) is 2.07. The summed E-state index contributed by atoms with van der Waals surface area (Å²) in [6, 6.07) is 14.2. The summed E-state index contributed by atoms with van der Waals surface area (Å²) >= 11 is 0. The van der Waals surface area contributed by atoms with Gasteiger partial charge in [-0.05, 0) is 30.7 Å². The molecule has 0 unspecified atom stereocenters. The second kappa shape index (κ2) is 6.13. The fourth-order valence-corrected chi connectivity index (χ4v) is 3.23. The molecule has 1 heterocycles. The first-order chi connectivity index (χ1) is 11.4. The summed E-state index contributed by atoms with van der Waals surface area (Å²) in [6.07, 6.45) is 1.18. The lowest BCUT2D eigenvalue weighted by molar-refractivity contribution is 0.0520. The van der Waals surface area contributed by atoms with Gasteiger partial charge in [-0.25, -0.2) is 13.2 Å². The zero-order valence-corrected chi connectivity index (χ0v) is 14.2. The lowest BCUT2D eigenvalue weighted by Gasteiger charge is -2.05. The largest absolute Gasteiger partial charge is 0.461 e. The Bertz CT molecular complexity index is 1000. The minimum absolute atomic E-state index is 0.275. The van der Waals surface area contributed by atoms with Crippen LogP contribution in [0.5, 0.6) is 0 Å². The third-order valence-corrected chi connectivity index (χ3v) is 4.87. The Kier molecular flexibility index (Phi) is 4.15. The number of hydrogen-bond acceptors (Lipinski definition) is 4. The quantitative estimate of drug-likeness (QED) is 0.737. The molecule has 3 rings (SSSR count). The molecule has 0 saturated carbocycles. The van der Waals surface area contributed by atoms with Gasteiger partial charge in [0.05, 0.1) is 17.0 Å². The molecule has 3 aromatic rings. The molecule has 0 atom stereocenters. The Morgan fingerprint density at radius 3 is 2.46 bits per heavy atom. The topological polar surface area (TPSA) is 76.2 Å². The number of rotatable bonds is 4. The van der Waals surface area contributed by atoms with Crippen LogP contribution >= 0.6 is 0 Å². The first-order valence-corrected chi connectivity index (χ1v) is 9.38. The number of nitrogens with one attached hydrogen (secondary N) is 1. The smallest absolute Gasteiger partial charge is 0.354 e. The SMILES string of the molecule is CCOC(=O)c1cc2cccc(-c3ccc(S(C)(=O)=O)cc3)c2[nH]1. The van der Waals surface area contributed by atoms with E-state index in [-0.39, 0.29) is 4.90 Å². The number of hydrogen-bond donors (Lipinski definition) is 1. The number of para-hydroxylation sites is 1. The number of carbonyl (C=O) groups is 1. The molecule has 0 aliphatic heterocycles. The van der Waals surface area contributed by atoms with E-state index in [4.69, 9.17) is 4.74 Å². The molecule has 124 valence electrons. The Balaban J connectivity index is 2.08. The summed E-state index contributed by atoms with van der Waals surface area (Å²) in [4.78, 5) is 15.3. The van der Waals surface area contributed by atoms with E-state index in [2.05, 4.69) is 4.98 Å². The second-order valence-corrected chi connectivity index (χ2v) is 7.49. The van der Waals surface area contributed by atoms with Crippen LogP contribution in [0.3, 0.4) is 0 Å². The number of aromatic nitrogens is 1. The molecular formula is C18H17NO4S. The van der Waals surface area contributed by atoms with E-state index >= 15 is 0 Å². The standard InChI is InChI=1S/C18H17NO4S/c1-3-23-18(20)16-11-13-5-4-6-15(17(13)19-16)12-7-9-14(10-8-12)24(2,21)22/h4-11,19H,3H2,1-2H3. The molecule has 0 aliphatic carbocycles. The van der Waals surface area contributed by atoms with Crippen molar-refractivity contribution in [3.05, 3.63) is 54.2 Å². The minimum atomic E-state index is -3.23. The summed E-state index contributed by atoms with van der Waals surface area (Å²) in [7, 11) is -3.23. The highest BCUT2D eigenvalue weighted by atomic mass is 32.2. The minimum Gasteiger partial charge on any atom is -0.461 e. The van der Waals surface area contributed by atoms with Crippen molar-refractivity contribution in [1.29, 1.82) is 0 Å². The van der Waals surface area contributed by atoms with Gasteiger partial charge < -0.3 is 9.72 Å². The summed E-state index contributed by atoms with van der Waals surface area (Å²) < 4.78 is 28.2. The van der Waals surface area contributed by atoms with E-state index in [0.717, 1.165) is 22.0 Å². The predicted octanol–water partition coefficient (Wildman–Crippen LogP) is 3.42. The molecule has 2 aromatic carbocycles. The van der Waals surface area contributed by atoms with Crippen LogP contribution in [0.2, 0.25) is 0 Å². The maximum absolute atomic E-state index is 11.9. The fraction of sp³-hybridized carbons (Fsp3) is 0.167. The van der Waals surface area contributed by atoms with Crippen molar-refractivity contribution in [2.45, 2.75) is 11.8 Å². The molecular weight excluding hydrogens is 326 g/mol. The van der Waals surface area contributed by atoms with Gasteiger partial charge in [-0.1, -0.05) is 30.3 Å². The molecule has 1 N–H and O–H groups in total. The molecule has 0 bridgehead atoms. The number of fused-ring (bicyclic) bond motifs is 1. The molecule has 5 nitrogen and oxygen atoms in total. The zero-order valence-electron chi connectivity index (χ0n) is 13.4. The molecule has 0 spiro atoms. The summed E-state index contributed by atoms with van der Waals surface area (Å²) in [5, 5.41) is 0.891. The Labute approximate surface area is 140 Å². The van der Waals surface area contributed by atoms with Gasteiger partial charge in [0.15, 0.2) is 9.84 Å². The van der Waals surface area contributed by atoms with Crippen molar-refractivity contribution in [2.24, 2.45) is 0 Å². The third-order valence-electron chi connectivity index (χ3n) is 3.75. The average molecular weight is 343 g/mol. The van der Waals surface area contributed by atoms with Crippen molar-refractivity contribution in [3.8, 4) is 11.1 Å². The van der Waals surface area contributed by atoms with Crippen LogP contribution in [0, 0.1) is 0 Å². The third kappa shape index (κ3) is 3.05. The summed E-state index contributed by atoms with van der Waals surface area (Å²) in [5.41, 5.74) is 2.97. The highest BCUT2D eigenvalue weighted by Gasteiger charge is 2.14. The Morgan fingerprint density at radius 1 is 1.12 bits per heavy atom. The lowest BCUT2D eigenvalue weighted by Crippen LogP contribution is -2.04. The van der Waals surface area contributed by atoms with Crippen LogP contribution in [0.4, 0.5) is 0 Å². The van der Waals surface area contributed by atoms with Crippen molar-refractivity contribution >= 4 is 26.7 Å². The van der Waals surface area contributed by atoms with Crippen LogP contribution in [-0.4, -0.2) is 32.2 Å². The number of aromatic amines is 1. The van der Waals surface area contributed by atoms with E-state index in [0.29, 0.717) is 12.3 Å². The molecule has 0 fully saturated rings. The predicted molar refractivity (Wildman–Crippen MR) is 92.8 cm³/mol. The molecule has 0 radical (unpaired) electrons. The molecule has 0 saturated heterocycles.